The van der Waals surface area contributed by atoms with E-state index >= 15 is 0 Å². The summed E-state index contributed by atoms with van der Waals surface area (Å²) in [5, 5.41) is 10.3. The van der Waals surface area contributed by atoms with Crippen LogP contribution in [0.4, 0.5) is 8.78 Å². The van der Waals surface area contributed by atoms with Crippen molar-refractivity contribution in [3.05, 3.63) is 68.7 Å². The molecule has 0 saturated carbocycles. The topological polar surface area (TPSA) is 20.2 Å². The quantitative estimate of drug-likeness (QED) is 0.865. The summed E-state index contributed by atoms with van der Waals surface area (Å²) in [6.45, 7) is 3.30. The van der Waals surface area contributed by atoms with Crippen LogP contribution in [0.3, 0.4) is 0 Å². The third-order valence-electron chi connectivity index (χ3n) is 3.14. The van der Waals surface area contributed by atoms with Crippen LogP contribution in [0, 0.1) is 25.5 Å². The van der Waals surface area contributed by atoms with Crippen LogP contribution in [0.2, 0.25) is 0 Å². The van der Waals surface area contributed by atoms with Gasteiger partial charge in [0.2, 0.25) is 0 Å². The molecule has 0 spiro atoms. The van der Waals surface area contributed by atoms with Crippen LogP contribution in [0.25, 0.3) is 0 Å². The Morgan fingerprint density at radius 3 is 2.26 bits per heavy atom. The first kappa shape index (κ1) is 14.2. The Hall–Kier alpha value is -1.26. The van der Waals surface area contributed by atoms with Gasteiger partial charge in [0.25, 0.3) is 0 Å². The predicted molar refractivity (Wildman–Crippen MR) is 74.0 cm³/mol. The van der Waals surface area contributed by atoms with E-state index in [2.05, 4.69) is 15.9 Å². The summed E-state index contributed by atoms with van der Waals surface area (Å²) in [5.41, 5.74) is 1.54. The second kappa shape index (κ2) is 5.39. The van der Waals surface area contributed by atoms with Crippen molar-refractivity contribution in [2.24, 2.45) is 0 Å². The van der Waals surface area contributed by atoms with E-state index in [-0.39, 0.29) is 11.1 Å². The zero-order valence-electron chi connectivity index (χ0n) is 10.5. The maximum absolute atomic E-state index is 13.9. The maximum atomic E-state index is 13.9. The summed E-state index contributed by atoms with van der Waals surface area (Å²) in [5.74, 6) is -1.91. The first-order valence-corrected chi connectivity index (χ1v) is 6.59. The number of aryl methyl sites for hydroxylation is 2. The van der Waals surface area contributed by atoms with Gasteiger partial charge in [-0.3, -0.25) is 0 Å². The van der Waals surface area contributed by atoms with Gasteiger partial charge in [0.1, 0.15) is 6.10 Å². The average Bonchev–Trinajstić information content (AvgIpc) is 2.38. The Labute approximate surface area is 119 Å². The normalized spacial score (nSPS) is 12.5. The van der Waals surface area contributed by atoms with Crippen molar-refractivity contribution in [3.8, 4) is 0 Å². The minimum Gasteiger partial charge on any atom is -0.384 e. The van der Waals surface area contributed by atoms with Crippen molar-refractivity contribution >= 4 is 15.9 Å². The van der Waals surface area contributed by atoms with Crippen molar-refractivity contribution in [2.75, 3.05) is 0 Å². The molecule has 0 radical (unpaired) electrons. The minimum atomic E-state index is -1.19. The van der Waals surface area contributed by atoms with Gasteiger partial charge in [0, 0.05) is 10.0 Å². The summed E-state index contributed by atoms with van der Waals surface area (Å²) in [7, 11) is 0. The number of benzene rings is 2. The SMILES string of the molecule is Cc1ccc(Br)cc1C(O)c1ccc(C)c(F)c1F. The first-order valence-electron chi connectivity index (χ1n) is 5.80. The fourth-order valence-electron chi connectivity index (χ4n) is 1.95. The molecule has 0 aliphatic heterocycles. The van der Waals surface area contributed by atoms with E-state index in [4.69, 9.17) is 0 Å². The lowest BCUT2D eigenvalue weighted by Gasteiger charge is -2.16. The number of halogens is 3. The van der Waals surface area contributed by atoms with E-state index in [1.807, 2.05) is 19.1 Å². The van der Waals surface area contributed by atoms with Crippen LogP contribution in [-0.2, 0) is 0 Å². The average molecular weight is 327 g/mol. The lowest BCUT2D eigenvalue weighted by Crippen LogP contribution is -2.07. The van der Waals surface area contributed by atoms with Crippen molar-refractivity contribution < 1.29 is 13.9 Å². The van der Waals surface area contributed by atoms with Gasteiger partial charge in [-0.05, 0) is 42.7 Å². The third-order valence-corrected chi connectivity index (χ3v) is 3.63. The van der Waals surface area contributed by atoms with Gasteiger partial charge >= 0.3 is 0 Å². The second-order valence-electron chi connectivity index (χ2n) is 4.50. The van der Waals surface area contributed by atoms with Crippen LogP contribution in [0.15, 0.2) is 34.8 Å². The fraction of sp³-hybridized carbons (Fsp3) is 0.200. The Morgan fingerprint density at radius 2 is 1.58 bits per heavy atom. The Morgan fingerprint density at radius 1 is 0.947 bits per heavy atom. The van der Waals surface area contributed by atoms with Crippen molar-refractivity contribution in [1.82, 2.24) is 0 Å². The molecule has 0 aliphatic rings. The monoisotopic (exact) mass is 326 g/mol. The third kappa shape index (κ3) is 2.69. The van der Waals surface area contributed by atoms with Crippen molar-refractivity contribution in [1.29, 1.82) is 0 Å². The molecule has 0 saturated heterocycles. The Balaban J connectivity index is 2.53. The highest BCUT2D eigenvalue weighted by atomic mass is 79.9. The largest absolute Gasteiger partial charge is 0.384 e. The van der Waals surface area contributed by atoms with Crippen molar-refractivity contribution in [3.63, 3.8) is 0 Å². The van der Waals surface area contributed by atoms with Gasteiger partial charge in [0.05, 0.1) is 0 Å². The number of aliphatic hydroxyl groups excluding tert-OH is 1. The van der Waals surface area contributed by atoms with E-state index in [0.29, 0.717) is 5.56 Å². The molecule has 0 fully saturated rings. The smallest absolute Gasteiger partial charge is 0.165 e. The maximum Gasteiger partial charge on any atom is 0.165 e. The molecule has 1 N–H and O–H groups in total. The highest BCUT2D eigenvalue weighted by Gasteiger charge is 2.20. The minimum absolute atomic E-state index is 0.0516. The molecule has 1 unspecified atom stereocenters. The molecule has 1 nitrogen and oxygen atoms in total. The van der Waals surface area contributed by atoms with Crippen LogP contribution in [0.1, 0.15) is 28.4 Å². The fourth-order valence-corrected chi connectivity index (χ4v) is 2.32. The summed E-state index contributed by atoms with van der Waals surface area (Å²) in [6, 6.07) is 8.23. The molecule has 0 aromatic heterocycles. The standard InChI is InChI=1S/C15H13BrF2O/c1-8-3-5-10(16)7-12(8)15(19)11-6-4-9(2)13(17)14(11)18/h3-7,15,19H,1-2H3. The lowest BCUT2D eigenvalue weighted by molar-refractivity contribution is 0.212. The summed E-state index contributed by atoms with van der Waals surface area (Å²) in [4.78, 5) is 0. The van der Waals surface area contributed by atoms with Gasteiger partial charge in [-0.15, -0.1) is 0 Å². The van der Waals surface area contributed by atoms with E-state index in [1.54, 1.807) is 6.07 Å². The molecule has 0 aliphatic carbocycles. The summed E-state index contributed by atoms with van der Waals surface area (Å²) < 4.78 is 28.2. The number of hydrogen-bond acceptors (Lipinski definition) is 1. The summed E-state index contributed by atoms with van der Waals surface area (Å²) >= 11 is 3.30. The Bertz CT molecular complexity index is 626. The van der Waals surface area contributed by atoms with E-state index in [1.165, 1.54) is 19.1 Å². The molecule has 0 heterocycles. The highest BCUT2D eigenvalue weighted by molar-refractivity contribution is 9.10. The van der Waals surface area contributed by atoms with Gasteiger partial charge in [-0.25, -0.2) is 8.78 Å². The predicted octanol–water partition coefficient (Wildman–Crippen LogP) is 4.43. The number of hydrogen-bond donors (Lipinski definition) is 1. The molecule has 19 heavy (non-hydrogen) atoms. The number of rotatable bonds is 2. The van der Waals surface area contributed by atoms with Crippen LogP contribution < -0.4 is 0 Å². The van der Waals surface area contributed by atoms with Gasteiger partial charge in [-0.2, -0.15) is 0 Å². The molecule has 4 heteroatoms. The molecule has 1 atom stereocenters. The zero-order valence-corrected chi connectivity index (χ0v) is 12.1. The molecular formula is C15H13BrF2O. The zero-order chi connectivity index (χ0) is 14.2. The van der Waals surface area contributed by atoms with Crippen LogP contribution in [0.5, 0.6) is 0 Å². The van der Waals surface area contributed by atoms with E-state index < -0.39 is 17.7 Å². The van der Waals surface area contributed by atoms with E-state index in [0.717, 1.165) is 10.0 Å². The molecule has 0 amide bonds. The molecule has 2 aromatic carbocycles. The highest BCUT2D eigenvalue weighted by Crippen LogP contribution is 2.30. The van der Waals surface area contributed by atoms with Crippen LogP contribution in [-0.4, -0.2) is 5.11 Å². The van der Waals surface area contributed by atoms with Gasteiger partial charge in [0.15, 0.2) is 11.6 Å². The Kier molecular flexibility index (Phi) is 4.02. The number of aliphatic hydroxyl groups is 1. The molecular weight excluding hydrogens is 314 g/mol. The van der Waals surface area contributed by atoms with Gasteiger partial charge in [-0.1, -0.05) is 34.1 Å². The molecule has 2 rings (SSSR count). The molecule has 2 aromatic rings. The van der Waals surface area contributed by atoms with Gasteiger partial charge < -0.3 is 5.11 Å². The molecule has 100 valence electrons. The van der Waals surface area contributed by atoms with E-state index in [9.17, 15) is 13.9 Å². The second-order valence-corrected chi connectivity index (χ2v) is 5.42. The molecule has 0 bridgehead atoms. The van der Waals surface area contributed by atoms with Crippen molar-refractivity contribution in [2.45, 2.75) is 20.0 Å². The van der Waals surface area contributed by atoms with Crippen LogP contribution >= 0.6 is 15.9 Å². The first-order chi connectivity index (χ1) is 8.91. The lowest BCUT2D eigenvalue weighted by atomic mass is 9.96. The summed E-state index contributed by atoms with van der Waals surface area (Å²) in [6.07, 6.45) is -1.19.